The lowest BCUT2D eigenvalue weighted by molar-refractivity contribution is 0.121. The molecule has 160 valence electrons. The Labute approximate surface area is 197 Å². The van der Waals surface area contributed by atoms with Crippen LogP contribution < -0.4 is 9.47 Å². The standard InChI is InChI=1S/C28H16N4O2/c29-16-20-4-8-26(14-22(20)18-31)33-25-10-6-24(7-11-25)28(12-2-1-3-13-28)34-27-9-5-21(17-30)23(15-27)19-32/h1-12,14-15H,13H2. The molecule has 6 nitrogen and oxygen atoms in total. The van der Waals surface area contributed by atoms with E-state index in [2.05, 4.69) is 0 Å². The van der Waals surface area contributed by atoms with Crippen molar-refractivity contribution in [2.24, 2.45) is 0 Å². The summed E-state index contributed by atoms with van der Waals surface area (Å²) in [6.07, 6.45) is 8.37. The summed E-state index contributed by atoms with van der Waals surface area (Å²) in [6, 6.07) is 25.0. The Hall–Kier alpha value is -5.30. The van der Waals surface area contributed by atoms with E-state index in [9.17, 15) is 15.8 Å². The minimum absolute atomic E-state index is 0.252. The first-order chi connectivity index (χ1) is 16.6. The SMILES string of the molecule is N#Cc1ccc(Oc2ccc(C3(Oc4ccc(C#N)c(C#N)c4)C=CC=CC3)cc2)cc1C#N. The van der Waals surface area contributed by atoms with Gasteiger partial charge in [-0.3, -0.25) is 0 Å². The summed E-state index contributed by atoms with van der Waals surface area (Å²) in [5.74, 6) is 1.50. The number of allylic oxidation sites excluding steroid dienone is 2. The van der Waals surface area contributed by atoms with Crippen LogP contribution in [0.2, 0.25) is 0 Å². The molecule has 3 aromatic carbocycles. The molecule has 0 bridgehead atoms. The summed E-state index contributed by atoms with van der Waals surface area (Å²) in [4.78, 5) is 0. The van der Waals surface area contributed by atoms with Crippen molar-refractivity contribution >= 4 is 0 Å². The maximum Gasteiger partial charge on any atom is 0.156 e. The maximum atomic E-state index is 9.35. The fraction of sp³-hybridized carbons (Fsp3) is 0.0714. The third-order valence-electron chi connectivity index (χ3n) is 5.38. The van der Waals surface area contributed by atoms with Gasteiger partial charge in [-0.25, -0.2) is 0 Å². The number of rotatable bonds is 5. The van der Waals surface area contributed by atoms with E-state index in [1.54, 1.807) is 42.5 Å². The maximum absolute atomic E-state index is 9.35. The highest BCUT2D eigenvalue weighted by molar-refractivity contribution is 5.51. The molecule has 0 amide bonds. The van der Waals surface area contributed by atoms with E-state index in [4.69, 9.17) is 14.7 Å². The van der Waals surface area contributed by atoms with E-state index in [0.29, 0.717) is 34.8 Å². The molecule has 0 fully saturated rings. The number of nitrogens with zero attached hydrogens (tertiary/aromatic N) is 4. The summed E-state index contributed by atoms with van der Waals surface area (Å²) in [7, 11) is 0. The zero-order chi connectivity index (χ0) is 24.0. The highest BCUT2D eigenvalue weighted by Gasteiger charge is 2.32. The van der Waals surface area contributed by atoms with E-state index in [1.165, 1.54) is 6.07 Å². The Balaban J connectivity index is 1.61. The predicted octanol–water partition coefficient (Wildman–Crippen LogP) is 5.76. The minimum atomic E-state index is -0.795. The van der Waals surface area contributed by atoms with Crippen LogP contribution in [0.5, 0.6) is 17.2 Å². The molecule has 1 aliphatic rings. The van der Waals surface area contributed by atoms with Gasteiger partial charge in [0.05, 0.1) is 22.3 Å². The summed E-state index contributed by atoms with van der Waals surface area (Å²) in [6.45, 7) is 0. The number of hydrogen-bond donors (Lipinski definition) is 0. The van der Waals surface area contributed by atoms with Crippen LogP contribution in [0.4, 0.5) is 0 Å². The fourth-order valence-corrected chi connectivity index (χ4v) is 3.65. The molecule has 6 heteroatoms. The van der Waals surface area contributed by atoms with Crippen LogP contribution >= 0.6 is 0 Å². The summed E-state index contributed by atoms with van der Waals surface area (Å²) >= 11 is 0. The van der Waals surface area contributed by atoms with Gasteiger partial charge in [0.2, 0.25) is 0 Å². The van der Waals surface area contributed by atoms with Crippen LogP contribution in [-0.2, 0) is 5.60 Å². The number of hydrogen-bond acceptors (Lipinski definition) is 6. The zero-order valence-corrected chi connectivity index (χ0v) is 17.9. The molecule has 0 aromatic heterocycles. The molecule has 4 rings (SSSR count). The second-order valence-corrected chi connectivity index (χ2v) is 7.47. The van der Waals surface area contributed by atoms with Gasteiger partial charge in [-0.15, -0.1) is 0 Å². The Kier molecular flexibility index (Phi) is 6.09. The second kappa shape index (κ2) is 9.46. The number of ether oxygens (including phenoxy) is 2. The second-order valence-electron chi connectivity index (χ2n) is 7.47. The van der Waals surface area contributed by atoms with E-state index in [-0.39, 0.29) is 11.1 Å². The molecule has 34 heavy (non-hydrogen) atoms. The van der Waals surface area contributed by atoms with E-state index < -0.39 is 5.60 Å². The average molecular weight is 440 g/mol. The molecule has 1 aliphatic carbocycles. The highest BCUT2D eigenvalue weighted by Crippen LogP contribution is 2.37. The monoisotopic (exact) mass is 440 g/mol. The van der Waals surface area contributed by atoms with Gasteiger partial charge >= 0.3 is 0 Å². The lowest BCUT2D eigenvalue weighted by atomic mass is 9.87. The molecule has 1 unspecified atom stereocenters. The van der Waals surface area contributed by atoms with Gasteiger partial charge in [-0.05, 0) is 60.2 Å². The van der Waals surface area contributed by atoms with Gasteiger partial charge in [0.15, 0.2) is 5.60 Å². The largest absolute Gasteiger partial charge is 0.478 e. The predicted molar refractivity (Wildman–Crippen MR) is 123 cm³/mol. The Morgan fingerprint density at radius 2 is 1.18 bits per heavy atom. The first-order valence-electron chi connectivity index (χ1n) is 10.3. The quantitative estimate of drug-likeness (QED) is 0.499. The van der Waals surface area contributed by atoms with E-state index in [1.807, 2.05) is 60.7 Å². The molecule has 0 aliphatic heterocycles. The van der Waals surface area contributed by atoms with E-state index in [0.717, 1.165) is 5.56 Å². The fourth-order valence-electron chi connectivity index (χ4n) is 3.65. The molecular weight excluding hydrogens is 424 g/mol. The number of benzene rings is 3. The summed E-state index contributed by atoms with van der Waals surface area (Å²) < 4.78 is 12.2. The highest BCUT2D eigenvalue weighted by atomic mass is 16.5. The zero-order valence-electron chi connectivity index (χ0n) is 17.9. The molecule has 3 aromatic rings. The van der Waals surface area contributed by atoms with Crippen molar-refractivity contribution in [2.75, 3.05) is 0 Å². The molecule has 0 N–H and O–H groups in total. The van der Waals surface area contributed by atoms with Crippen molar-refractivity contribution in [1.82, 2.24) is 0 Å². The van der Waals surface area contributed by atoms with Crippen LogP contribution in [0.15, 0.2) is 85.0 Å². The van der Waals surface area contributed by atoms with Crippen molar-refractivity contribution in [3.05, 3.63) is 113 Å². The lowest BCUT2D eigenvalue weighted by Gasteiger charge is -2.33. The summed E-state index contributed by atoms with van der Waals surface area (Å²) in [5.41, 5.74) is 1.18. The van der Waals surface area contributed by atoms with E-state index >= 15 is 0 Å². The van der Waals surface area contributed by atoms with Crippen LogP contribution in [-0.4, -0.2) is 0 Å². The van der Waals surface area contributed by atoms with Crippen molar-refractivity contribution in [3.63, 3.8) is 0 Å². The molecule has 0 saturated heterocycles. The first kappa shape index (κ1) is 21.9. The molecule has 0 radical (unpaired) electrons. The van der Waals surface area contributed by atoms with Gasteiger partial charge in [0.1, 0.15) is 41.5 Å². The van der Waals surface area contributed by atoms with Crippen LogP contribution in [0.3, 0.4) is 0 Å². The lowest BCUT2D eigenvalue weighted by Crippen LogP contribution is -2.31. The van der Waals surface area contributed by atoms with Crippen LogP contribution in [0, 0.1) is 45.3 Å². The molecule has 1 atom stereocenters. The topological polar surface area (TPSA) is 114 Å². The molecule has 0 saturated carbocycles. The minimum Gasteiger partial charge on any atom is -0.478 e. The molecule has 0 heterocycles. The van der Waals surface area contributed by atoms with Crippen LogP contribution in [0.25, 0.3) is 0 Å². The van der Waals surface area contributed by atoms with Gasteiger partial charge in [0, 0.05) is 6.42 Å². The Bertz CT molecular complexity index is 1480. The normalized spacial score (nSPS) is 15.9. The smallest absolute Gasteiger partial charge is 0.156 e. The van der Waals surface area contributed by atoms with Crippen molar-refractivity contribution in [2.45, 2.75) is 12.0 Å². The van der Waals surface area contributed by atoms with Crippen molar-refractivity contribution in [3.8, 4) is 41.5 Å². The van der Waals surface area contributed by atoms with Gasteiger partial charge in [-0.2, -0.15) is 21.0 Å². The molecular formula is C28H16N4O2. The summed E-state index contributed by atoms with van der Waals surface area (Å²) in [5, 5.41) is 36.8. The van der Waals surface area contributed by atoms with Crippen LogP contribution in [0.1, 0.15) is 34.2 Å². The van der Waals surface area contributed by atoms with Gasteiger partial charge in [-0.1, -0.05) is 30.4 Å². The van der Waals surface area contributed by atoms with Gasteiger partial charge < -0.3 is 9.47 Å². The van der Waals surface area contributed by atoms with Gasteiger partial charge in [0.25, 0.3) is 0 Å². The van der Waals surface area contributed by atoms with Crippen molar-refractivity contribution in [1.29, 1.82) is 21.0 Å². The Morgan fingerprint density at radius 1 is 0.618 bits per heavy atom. The number of nitriles is 4. The third-order valence-corrected chi connectivity index (χ3v) is 5.38. The molecule has 0 spiro atoms. The first-order valence-corrected chi connectivity index (χ1v) is 10.3. The average Bonchev–Trinajstić information content (AvgIpc) is 2.89. The Morgan fingerprint density at radius 3 is 1.74 bits per heavy atom. The third kappa shape index (κ3) is 4.35. The van der Waals surface area contributed by atoms with Crippen molar-refractivity contribution < 1.29 is 9.47 Å².